The summed E-state index contributed by atoms with van der Waals surface area (Å²) >= 11 is 3.42. The van der Waals surface area contributed by atoms with E-state index < -0.39 is 0 Å². The molecule has 0 saturated carbocycles. The number of anilines is 1. The lowest BCUT2D eigenvalue weighted by molar-refractivity contribution is 0.102. The Hall–Kier alpha value is -2.08. The van der Waals surface area contributed by atoms with E-state index in [4.69, 9.17) is 9.47 Å². The van der Waals surface area contributed by atoms with Crippen LogP contribution in [0.4, 0.5) is 5.69 Å². The molecule has 0 saturated heterocycles. The van der Waals surface area contributed by atoms with Gasteiger partial charge in [-0.25, -0.2) is 4.98 Å². The number of hydrogen-bond acceptors (Lipinski definition) is 4. The van der Waals surface area contributed by atoms with E-state index in [-0.39, 0.29) is 5.91 Å². The van der Waals surface area contributed by atoms with Crippen LogP contribution in [0.3, 0.4) is 0 Å². The normalized spacial score (nSPS) is 12.9. The monoisotopic (exact) mass is 348 g/mol. The zero-order valence-corrected chi connectivity index (χ0v) is 12.9. The van der Waals surface area contributed by atoms with Gasteiger partial charge in [0.25, 0.3) is 5.91 Å². The Bertz CT molecular complexity index is 703. The molecule has 0 aliphatic carbocycles. The maximum absolute atomic E-state index is 12.2. The summed E-state index contributed by atoms with van der Waals surface area (Å²) in [4.78, 5) is 16.4. The predicted molar refractivity (Wildman–Crippen MR) is 82.1 cm³/mol. The van der Waals surface area contributed by atoms with Gasteiger partial charge in [0, 0.05) is 22.3 Å². The van der Waals surface area contributed by atoms with Gasteiger partial charge in [0.2, 0.25) is 0 Å². The maximum Gasteiger partial charge on any atom is 0.274 e. The second-order valence-corrected chi connectivity index (χ2v) is 5.45. The molecule has 0 radical (unpaired) electrons. The summed E-state index contributed by atoms with van der Waals surface area (Å²) in [5.74, 6) is 1.02. The van der Waals surface area contributed by atoms with Crippen molar-refractivity contribution in [2.45, 2.75) is 6.92 Å². The quantitative estimate of drug-likeness (QED) is 0.905. The Labute approximate surface area is 130 Å². The highest BCUT2D eigenvalue weighted by molar-refractivity contribution is 9.10. The summed E-state index contributed by atoms with van der Waals surface area (Å²) in [7, 11) is 0. The molecule has 0 atom stereocenters. The van der Waals surface area contributed by atoms with Crippen LogP contribution in [0.5, 0.6) is 11.5 Å². The van der Waals surface area contributed by atoms with E-state index in [1.165, 1.54) is 0 Å². The van der Waals surface area contributed by atoms with Gasteiger partial charge in [-0.1, -0.05) is 6.07 Å². The fourth-order valence-corrected chi connectivity index (χ4v) is 2.44. The molecule has 0 fully saturated rings. The third-order valence-corrected chi connectivity index (χ3v) is 3.66. The van der Waals surface area contributed by atoms with E-state index >= 15 is 0 Å². The number of fused-ring (bicyclic) bond motifs is 1. The van der Waals surface area contributed by atoms with Crippen molar-refractivity contribution in [1.29, 1.82) is 0 Å². The first-order valence-electron chi connectivity index (χ1n) is 6.47. The van der Waals surface area contributed by atoms with E-state index in [0.717, 1.165) is 10.2 Å². The highest BCUT2D eigenvalue weighted by Crippen LogP contribution is 2.38. The third-order valence-electron chi connectivity index (χ3n) is 3.00. The first kappa shape index (κ1) is 13.9. The maximum atomic E-state index is 12.2. The van der Waals surface area contributed by atoms with Gasteiger partial charge in [-0.3, -0.25) is 4.79 Å². The average Bonchev–Trinajstić information content (AvgIpc) is 2.48. The minimum atomic E-state index is -0.268. The number of hydrogen-bond donors (Lipinski definition) is 1. The second-order valence-electron chi connectivity index (χ2n) is 4.59. The molecule has 1 aliphatic rings. The number of carbonyl (C=O) groups excluding carboxylic acids is 1. The molecule has 1 aliphatic heterocycles. The second kappa shape index (κ2) is 5.73. The van der Waals surface area contributed by atoms with Gasteiger partial charge in [-0.15, -0.1) is 0 Å². The number of amides is 1. The molecule has 6 heteroatoms. The molecule has 1 amide bonds. The van der Waals surface area contributed by atoms with Crippen LogP contribution in [0.1, 0.15) is 16.2 Å². The number of nitrogens with one attached hydrogen (secondary N) is 1. The fourth-order valence-electron chi connectivity index (χ4n) is 2.02. The van der Waals surface area contributed by atoms with Crippen molar-refractivity contribution in [3.63, 3.8) is 0 Å². The Kier molecular flexibility index (Phi) is 3.79. The molecule has 21 heavy (non-hydrogen) atoms. The van der Waals surface area contributed by atoms with Crippen molar-refractivity contribution in [2.75, 3.05) is 18.5 Å². The number of carbonyl (C=O) groups is 1. The minimum absolute atomic E-state index is 0.268. The molecule has 3 rings (SSSR count). The minimum Gasteiger partial charge on any atom is -0.486 e. The molecule has 108 valence electrons. The SMILES string of the molecule is Cc1cccc(C(=O)Nc2cc3c(cc2Br)OCCO3)n1. The van der Waals surface area contributed by atoms with Crippen molar-refractivity contribution in [2.24, 2.45) is 0 Å². The zero-order valence-electron chi connectivity index (χ0n) is 11.4. The number of aromatic nitrogens is 1. The molecule has 0 unspecified atom stereocenters. The van der Waals surface area contributed by atoms with Crippen LogP contribution in [0.2, 0.25) is 0 Å². The van der Waals surface area contributed by atoms with E-state index in [2.05, 4.69) is 26.2 Å². The Morgan fingerprint density at radius 1 is 1.24 bits per heavy atom. The van der Waals surface area contributed by atoms with Gasteiger partial charge in [0.15, 0.2) is 11.5 Å². The summed E-state index contributed by atoms with van der Waals surface area (Å²) in [5, 5.41) is 2.82. The molecule has 0 bridgehead atoms. The van der Waals surface area contributed by atoms with Gasteiger partial charge < -0.3 is 14.8 Å². The lowest BCUT2D eigenvalue weighted by atomic mass is 10.2. The number of halogens is 1. The van der Waals surface area contributed by atoms with Crippen LogP contribution < -0.4 is 14.8 Å². The molecule has 1 aromatic heterocycles. The van der Waals surface area contributed by atoms with E-state index in [1.807, 2.05) is 13.0 Å². The molecule has 0 spiro atoms. The summed E-state index contributed by atoms with van der Waals surface area (Å²) in [6, 6.07) is 8.85. The summed E-state index contributed by atoms with van der Waals surface area (Å²) < 4.78 is 11.7. The number of aryl methyl sites for hydroxylation is 1. The van der Waals surface area contributed by atoms with Crippen LogP contribution in [-0.2, 0) is 0 Å². The largest absolute Gasteiger partial charge is 0.486 e. The zero-order chi connectivity index (χ0) is 14.8. The Balaban J connectivity index is 1.86. The number of benzene rings is 1. The smallest absolute Gasteiger partial charge is 0.274 e. The molecule has 2 aromatic rings. The first-order valence-corrected chi connectivity index (χ1v) is 7.27. The Morgan fingerprint density at radius 2 is 1.95 bits per heavy atom. The van der Waals surface area contributed by atoms with Crippen molar-refractivity contribution in [1.82, 2.24) is 4.98 Å². The molecule has 5 nitrogen and oxygen atoms in total. The lowest BCUT2D eigenvalue weighted by Gasteiger charge is -2.20. The van der Waals surface area contributed by atoms with Crippen molar-refractivity contribution >= 4 is 27.5 Å². The molecular formula is C15H13BrN2O3. The number of ether oxygens (including phenoxy) is 2. The number of pyridine rings is 1. The van der Waals surface area contributed by atoms with Gasteiger partial charge in [0.1, 0.15) is 18.9 Å². The standard InChI is InChI=1S/C15H13BrN2O3/c1-9-3-2-4-11(17-9)15(19)18-12-8-14-13(7-10(12)16)20-5-6-21-14/h2-4,7-8H,5-6H2,1H3,(H,18,19). The van der Waals surface area contributed by atoms with Gasteiger partial charge >= 0.3 is 0 Å². The number of rotatable bonds is 2. The predicted octanol–water partition coefficient (Wildman–Crippen LogP) is 3.18. The number of nitrogens with zero attached hydrogens (tertiary/aromatic N) is 1. The summed E-state index contributed by atoms with van der Waals surface area (Å²) in [6.45, 7) is 2.87. The first-order chi connectivity index (χ1) is 10.1. The topological polar surface area (TPSA) is 60.5 Å². The molecule has 2 heterocycles. The van der Waals surface area contributed by atoms with Crippen LogP contribution in [0, 0.1) is 6.92 Å². The van der Waals surface area contributed by atoms with Crippen LogP contribution in [0.25, 0.3) is 0 Å². The van der Waals surface area contributed by atoms with E-state index in [9.17, 15) is 4.79 Å². The Morgan fingerprint density at radius 3 is 2.67 bits per heavy atom. The van der Waals surface area contributed by atoms with E-state index in [0.29, 0.717) is 36.1 Å². The summed E-state index contributed by atoms with van der Waals surface area (Å²) in [5.41, 5.74) is 1.79. The van der Waals surface area contributed by atoms with Crippen molar-refractivity contribution in [3.8, 4) is 11.5 Å². The third kappa shape index (κ3) is 3.00. The average molecular weight is 349 g/mol. The van der Waals surface area contributed by atoms with Crippen molar-refractivity contribution < 1.29 is 14.3 Å². The fraction of sp³-hybridized carbons (Fsp3) is 0.200. The van der Waals surface area contributed by atoms with Gasteiger partial charge in [0.05, 0.1) is 5.69 Å². The lowest BCUT2D eigenvalue weighted by Crippen LogP contribution is -2.17. The van der Waals surface area contributed by atoms with Gasteiger partial charge in [-0.05, 0) is 35.0 Å². The summed E-state index contributed by atoms with van der Waals surface area (Å²) in [6.07, 6.45) is 0. The molecular weight excluding hydrogens is 336 g/mol. The van der Waals surface area contributed by atoms with E-state index in [1.54, 1.807) is 24.3 Å². The molecule has 1 aromatic carbocycles. The van der Waals surface area contributed by atoms with Gasteiger partial charge in [-0.2, -0.15) is 0 Å². The van der Waals surface area contributed by atoms with Crippen LogP contribution in [0.15, 0.2) is 34.8 Å². The molecule has 1 N–H and O–H groups in total. The highest BCUT2D eigenvalue weighted by Gasteiger charge is 2.17. The van der Waals surface area contributed by atoms with Crippen LogP contribution in [-0.4, -0.2) is 24.1 Å². The van der Waals surface area contributed by atoms with Crippen LogP contribution >= 0.6 is 15.9 Å². The highest BCUT2D eigenvalue weighted by atomic mass is 79.9. The van der Waals surface area contributed by atoms with Crippen molar-refractivity contribution in [3.05, 3.63) is 46.2 Å².